The molecule has 1 aromatic carbocycles. The van der Waals surface area contributed by atoms with E-state index < -0.39 is 17.8 Å². The molecule has 0 unspecified atom stereocenters. The summed E-state index contributed by atoms with van der Waals surface area (Å²) in [4.78, 5) is 0. The smallest absolute Gasteiger partial charge is 0.416 e. The number of hydrogen-bond donors (Lipinski definition) is 1. The zero-order valence-corrected chi connectivity index (χ0v) is 7.14. The van der Waals surface area contributed by atoms with Gasteiger partial charge < -0.3 is 10.5 Å². The summed E-state index contributed by atoms with van der Waals surface area (Å²) in [5.74, 6) is 0.450. The van der Waals surface area contributed by atoms with Gasteiger partial charge >= 0.3 is 6.18 Å². The molecular formula is C9H8F3NO. The van der Waals surface area contributed by atoms with E-state index in [-0.39, 0.29) is 6.61 Å². The number of nitrogens with two attached hydrogens (primary N) is 1. The van der Waals surface area contributed by atoms with Gasteiger partial charge in [-0.2, -0.15) is 13.2 Å². The highest BCUT2D eigenvalue weighted by atomic mass is 19.4. The van der Waals surface area contributed by atoms with Crippen LogP contribution in [0.2, 0.25) is 0 Å². The molecule has 0 amide bonds. The van der Waals surface area contributed by atoms with Crippen LogP contribution in [0.4, 0.5) is 13.2 Å². The first-order valence-electron chi connectivity index (χ1n) is 4.08. The second kappa shape index (κ2) is 2.88. The maximum Gasteiger partial charge on any atom is 0.416 e. The van der Waals surface area contributed by atoms with Crippen LogP contribution in [0.5, 0.6) is 5.75 Å². The Morgan fingerprint density at radius 3 is 2.71 bits per heavy atom. The van der Waals surface area contributed by atoms with E-state index in [0.29, 0.717) is 11.3 Å². The number of halogens is 3. The number of alkyl halides is 3. The third-order valence-corrected chi connectivity index (χ3v) is 2.15. The molecule has 1 aliphatic rings. The molecule has 2 nitrogen and oxygen atoms in total. The van der Waals surface area contributed by atoms with Gasteiger partial charge in [-0.3, -0.25) is 0 Å². The number of benzene rings is 1. The van der Waals surface area contributed by atoms with Crippen molar-refractivity contribution >= 4 is 0 Å². The van der Waals surface area contributed by atoms with E-state index in [0.717, 1.165) is 12.1 Å². The monoisotopic (exact) mass is 203 g/mol. The summed E-state index contributed by atoms with van der Waals surface area (Å²) >= 11 is 0. The lowest BCUT2D eigenvalue weighted by atomic mass is 10.1. The fourth-order valence-electron chi connectivity index (χ4n) is 1.42. The summed E-state index contributed by atoms with van der Waals surface area (Å²) in [7, 11) is 0. The molecule has 1 aliphatic heterocycles. The summed E-state index contributed by atoms with van der Waals surface area (Å²) < 4.78 is 42.0. The van der Waals surface area contributed by atoms with Crippen molar-refractivity contribution in [3.05, 3.63) is 29.3 Å². The molecule has 0 spiro atoms. The van der Waals surface area contributed by atoms with Crippen LogP contribution in [0.3, 0.4) is 0 Å². The van der Waals surface area contributed by atoms with Gasteiger partial charge in [0, 0.05) is 5.56 Å². The molecule has 0 fully saturated rings. The number of fused-ring (bicyclic) bond motifs is 1. The molecule has 0 radical (unpaired) electrons. The van der Waals surface area contributed by atoms with Gasteiger partial charge in [0.25, 0.3) is 0 Å². The largest absolute Gasteiger partial charge is 0.491 e. The summed E-state index contributed by atoms with van der Waals surface area (Å²) in [6.45, 7) is 0.247. The van der Waals surface area contributed by atoms with Crippen molar-refractivity contribution in [2.45, 2.75) is 12.2 Å². The minimum Gasteiger partial charge on any atom is -0.491 e. The maximum absolute atomic E-state index is 12.3. The van der Waals surface area contributed by atoms with Crippen LogP contribution in [0.1, 0.15) is 17.2 Å². The predicted octanol–water partition coefficient (Wildman–Crippen LogP) is 2.10. The van der Waals surface area contributed by atoms with Gasteiger partial charge in [0.2, 0.25) is 0 Å². The van der Waals surface area contributed by atoms with Crippen molar-refractivity contribution < 1.29 is 17.9 Å². The fourth-order valence-corrected chi connectivity index (χ4v) is 1.42. The Hall–Kier alpha value is -1.23. The summed E-state index contributed by atoms with van der Waals surface area (Å²) in [6.07, 6.45) is -4.32. The SMILES string of the molecule is N[C@@H]1COc2ccc(C(F)(F)F)cc21. The van der Waals surface area contributed by atoms with Crippen molar-refractivity contribution in [2.75, 3.05) is 6.61 Å². The van der Waals surface area contributed by atoms with Crippen LogP contribution in [-0.4, -0.2) is 6.61 Å². The van der Waals surface area contributed by atoms with E-state index in [1.807, 2.05) is 0 Å². The topological polar surface area (TPSA) is 35.2 Å². The third kappa shape index (κ3) is 1.43. The van der Waals surface area contributed by atoms with Crippen LogP contribution < -0.4 is 10.5 Å². The molecule has 0 aromatic heterocycles. The van der Waals surface area contributed by atoms with Gasteiger partial charge in [0.05, 0.1) is 11.6 Å². The molecular weight excluding hydrogens is 195 g/mol. The zero-order chi connectivity index (χ0) is 10.3. The van der Waals surface area contributed by atoms with Crippen LogP contribution in [0, 0.1) is 0 Å². The van der Waals surface area contributed by atoms with Gasteiger partial charge in [-0.25, -0.2) is 0 Å². The van der Waals surface area contributed by atoms with E-state index >= 15 is 0 Å². The Bertz CT molecular complexity index is 362. The lowest BCUT2D eigenvalue weighted by molar-refractivity contribution is -0.137. The molecule has 1 atom stereocenters. The molecule has 76 valence electrons. The van der Waals surface area contributed by atoms with Crippen LogP contribution in [0.25, 0.3) is 0 Å². The van der Waals surface area contributed by atoms with Crippen LogP contribution in [0.15, 0.2) is 18.2 Å². The predicted molar refractivity (Wildman–Crippen MR) is 43.9 cm³/mol. The molecule has 1 aromatic rings. The second-order valence-corrected chi connectivity index (χ2v) is 3.17. The average molecular weight is 203 g/mol. The van der Waals surface area contributed by atoms with Crippen molar-refractivity contribution in [2.24, 2.45) is 5.73 Å². The lowest BCUT2D eigenvalue weighted by Crippen LogP contribution is -2.12. The highest BCUT2D eigenvalue weighted by Gasteiger charge is 2.33. The first-order chi connectivity index (χ1) is 6.48. The Kier molecular flexibility index (Phi) is 1.92. The molecule has 0 bridgehead atoms. The Morgan fingerprint density at radius 1 is 1.36 bits per heavy atom. The first kappa shape index (κ1) is 9.33. The van der Waals surface area contributed by atoms with Gasteiger partial charge in [-0.1, -0.05) is 0 Å². The number of rotatable bonds is 0. The van der Waals surface area contributed by atoms with E-state index in [9.17, 15) is 13.2 Å². The number of ether oxygens (including phenoxy) is 1. The summed E-state index contributed by atoms with van der Waals surface area (Å²) in [6, 6.07) is 2.90. The molecule has 0 aliphatic carbocycles. The maximum atomic E-state index is 12.3. The molecule has 1 heterocycles. The standard InChI is InChI=1S/C9H8F3NO/c10-9(11,12)5-1-2-8-6(3-5)7(13)4-14-8/h1-3,7H,4,13H2/t7-/m1/s1. The molecule has 14 heavy (non-hydrogen) atoms. The Balaban J connectivity index is 2.45. The minimum absolute atomic E-state index is 0.247. The third-order valence-electron chi connectivity index (χ3n) is 2.15. The van der Waals surface area contributed by atoms with Crippen LogP contribution in [-0.2, 0) is 6.18 Å². The van der Waals surface area contributed by atoms with Gasteiger partial charge in [0.1, 0.15) is 12.4 Å². The van der Waals surface area contributed by atoms with Crippen molar-refractivity contribution in [1.29, 1.82) is 0 Å². The Labute approximate surface area is 78.5 Å². The van der Waals surface area contributed by atoms with Gasteiger partial charge in [0.15, 0.2) is 0 Å². The van der Waals surface area contributed by atoms with E-state index in [4.69, 9.17) is 10.5 Å². The minimum atomic E-state index is -4.32. The normalized spacial score (nSPS) is 20.4. The zero-order valence-electron chi connectivity index (χ0n) is 7.14. The first-order valence-corrected chi connectivity index (χ1v) is 4.08. The average Bonchev–Trinajstić information content (AvgIpc) is 2.46. The number of hydrogen-bond acceptors (Lipinski definition) is 2. The summed E-state index contributed by atoms with van der Waals surface area (Å²) in [5, 5.41) is 0. The van der Waals surface area contributed by atoms with E-state index in [2.05, 4.69) is 0 Å². The molecule has 0 saturated heterocycles. The van der Waals surface area contributed by atoms with Gasteiger partial charge in [-0.15, -0.1) is 0 Å². The van der Waals surface area contributed by atoms with Crippen molar-refractivity contribution in [1.82, 2.24) is 0 Å². The van der Waals surface area contributed by atoms with Crippen molar-refractivity contribution in [3.63, 3.8) is 0 Å². The molecule has 2 rings (SSSR count). The van der Waals surface area contributed by atoms with Crippen LogP contribution >= 0.6 is 0 Å². The highest BCUT2D eigenvalue weighted by molar-refractivity contribution is 5.42. The molecule has 2 N–H and O–H groups in total. The van der Waals surface area contributed by atoms with E-state index in [1.165, 1.54) is 6.07 Å². The summed E-state index contributed by atoms with van der Waals surface area (Å²) in [5.41, 5.74) is 5.31. The lowest BCUT2D eigenvalue weighted by Gasteiger charge is -2.08. The van der Waals surface area contributed by atoms with Crippen molar-refractivity contribution in [3.8, 4) is 5.75 Å². The highest BCUT2D eigenvalue weighted by Crippen LogP contribution is 2.37. The van der Waals surface area contributed by atoms with E-state index in [1.54, 1.807) is 0 Å². The Morgan fingerprint density at radius 2 is 2.07 bits per heavy atom. The molecule has 5 heteroatoms. The quantitative estimate of drug-likeness (QED) is 0.700. The second-order valence-electron chi connectivity index (χ2n) is 3.17. The van der Waals surface area contributed by atoms with Gasteiger partial charge in [-0.05, 0) is 18.2 Å². The fraction of sp³-hybridized carbons (Fsp3) is 0.333. The molecule has 0 saturated carbocycles.